The monoisotopic (exact) mass is 353 g/mol. The summed E-state index contributed by atoms with van der Waals surface area (Å²) in [5.74, 6) is -3.31. The molecule has 0 aliphatic rings. The Morgan fingerprint density at radius 2 is 1.39 bits per heavy atom. The Balaban J connectivity index is 2.44. The van der Waals surface area contributed by atoms with E-state index in [9.17, 15) is 28.2 Å². The highest BCUT2D eigenvalue weighted by Gasteiger charge is 2.15. The Labute approximate surface area is 136 Å². The molecule has 7 nitrogen and oxygen atoms in total. The average molecular weight is 354 g/mol. The number of carbonyl (C=O) groups is 2. The van der Waals surface area contributed by atoms with Crippen LogP contribution in [0.5, 0.6) is 0 Å². The molecule has 0 aliphatic carbocycles. The number of halogens is 1. The zero-order chi connectivity index (χ0) is 17.2. The fraction of sp³-hybridized carbons (Fsp3) is 0. The van der Waals surface area contributed by atoms with E-state index in [2.05, 4.69) is 4.72 Å². The highest BCUT2D eigenvalue weighted by molar-refractivity contribution is 7.92. The van der Waals surface area contributed by atoms with Crippen LogP contribution in [0.1, 0.15) is 20.7 Å². The van der Waals surface area contributed by atoms with Gasteiger partial charge in [0.15, 0.2) is 0 Å². The van der Waals surface area contributed by atoms with E-state index < -0.39 is 33.1 Å². The number of carbonyl (C=O) groups excluding carboxylic acids is 2. The topological polar surface area (TPSA) is 126 Å². The first-order valence-corrected chi connectivity index (χ1v) is 7.91. The molecule has 9 heteroatoms. The molecule has 0 atom stereocenters. The summed E-state index contributed by atoms with van der Waals surface area (Å²) in [6.45, 7) is 0. The van der Waals surface area contributed by atoms with Crippen LogP contribution < -0.4 is 14.9 Å². The summed E-state index contributed by atoms with van der Waals surface area (Å²) in [5, 5.41) is 22.1. The first-order chi connectivity index (χ1) is 10.7. The lowest BCUT2D eigenvalue weighted by molar-refractivity contribution is -0.255. The van der Waals surface area contributed by atoms with Crippen LogP contribution in [0.4, 0.5) is 5.69 Å². The zero-order valence-electron chi connectivity index (χ0n) is 11.3. The molecule has 1 N–H and O–H groups in total. The van der Waals surface area contributed by atoms with Crippen molar-refractivity contribution in [1.29, 1.82) is 0 Å². The minimum absolute atomic E-state index is 0.129. The fourth-order valence-corrected chi connectivity index (χ4v) is 2.92. The number of carboxylic acids is 2. The van der Waals surface area contributed by atoms with Gasteiger partial charge in [0.05, 0.1) is 22.5 Å². The molecule has 23 heavy (non-hydrogen) atoms. The largest absolute Gasteiger partial charge is 0.545 e. The van der Waals surface area contributed by atoms with Crippen LogP contribution in [0.15, 0.2) is 47.4 Å². The van der Waals surface area contributed by atoms with Gasteiger partial charge in [0.2, 0.25) is 0 Å². The van der Waals surface area contributed by atoms with Crippen molar-refractivity contribution < 1.29 is 28.2 Å². The summed E-state index contributed by atoms with van der Waals surface area (Å²) in [4.78, 5) is 21.6. The van der Waals surface area contributed by atoms with E-state index in [4.69, 9.17) is 11.6 Å². The van der Waals surface area contributed by atoms with Crippen LogP contribution in [-0.2, 0) is 10.0 Å². The second-order valence-corrected chi connectivity index (χ2v) is 6.55. The Hall–Kier alpha value is -2.58. The van der Waals surface area contributed by atoms with Crippen LogP contribution >= 0.6 is 11.6 Å². The molecule has 0 fully saturated rings. The molecule has 0 spiro atoms. The minimum Gasteiger partial charge on any atom is -0.545 e. The summed E-state index contributed by atoms with van der Waals surface area (Å²) < 4.78 is 26.5. The van der Waals surface area contributed by atoms with Crippen LogP contribution in [0.3, 0.4) is 0 Å². The van der Waals surface area contributed by atoms with Gasteiger partial charge in [-0.05, 0) is 53.6 Å². The van der Waals surface area contributed by atoms with E-state index in [1.54, 1.807) is 0 Å². The molecular weight excluding hydrogens is 346 g/mol. The molecule has 0 saturated carbocycles. The number of hydrogen-bond acceptors (Lipinski definition) is 6. The lowest BCUT2D eigenvalue weighted by Crippen LogP contribution is -2.26. The van der Waals surface area contributed by atoms with Gasteiger partial charge in [-0.2, -0.15) is 0 Å². The summed E-state index contributed by atoms with van der Waals surface area (Å²) in [6, 6.07) is 7.90. The summed E-state index contributed by atoms with van der Waals surface area (Å²) in [7, 11) is -4.05. The molecule has 0 aromatic heterocycles. The number of nitrogens with one attached hydrogen (secondary N) is 1. The molecule has 120 valence electrons. The fourth-order valence-electron chi connectivity index (χ4n) is 1.75. The van der Waals surface area contributed by atoms with Gasteiger partial charge >= 0.3 is 0 Å². The second-order valence-electron chi connectivity index (χ2n) is 4.43. The summed E-state index contributed by atoms with van der Waals surface area (Å²) in [5.41, 5.74) is -1.25. The maximum atomic E-state index is 12.2. The minimum atomic E-state index is -4.05. The van der Waals surface area contributed by atoms with Crippen molar-refractivity contribution in [2.24, 2.45) is 0 Å². The number of sulfonamides is 1. The molecule has 0 heterocycles. The Kier molecular flexibility index (Phi) is 4.57. The van der Waals surface area contributed by atoms with Crippen LogP contribution in [0.2, 0.25) is 5.02 Å². The van der Waals surface area contributed by atoms with Crippen LogP contribution in [0, 0.1) is 0 Å². The van der Waals surface area contributed by atoms with Crippen molar-refractivity contribution in [3.05, 3.63) is 58.6 Å². The first-order valence-electron chi connectivity index (χ1n) is 6.05. The predicted octanol–water partition coefficient (Wildman–Crippen LogP) is -0.132. The Morgan fingerprint density at radius 3 is 1.83 bits per heavy atom. The average Bonchev–Trinajstić information content (AvgIpc) is 2.46. The van der Waals surface area contributed by atoms with E-state index in [1.807, 2.05) is 0 Å². The van der Waals surface area contributed by atoms with Crippen molar-refractivity contribution in [2.75, 3.05) is 4.72 Å². The van der Waals surface area contributed by atoms with E-state index in [-0.39, 0.29) is 10.6 Å². The Bertz CT molecular complexity index is 844. The van der Waals surface area contributed by atoms with Crippen molar-refractivity contribution >= 4 is 39.3 Å². The van der Waals surface area contributed by atoms with Gasteiger partial charge in [0.1, 0.15) is 0 Å². The SMILES string of the molecule is O=C([O-])c1cc(NS(=O)(=O)c2ccc(Cl)cc2)cc(C(=O)[O-])c1. The number of benzene rings is 2. The zero-order valence-corrected chi connectivity index (χ0v) is 12.8. The van der Waals surface area contributed by atoms with Gasteiger partial charge in [0, 0.05) is 5.02 Å². The number of hydrogen-bond donors (Lipinski definition) is 1. The molecular formula is C14H8ClNO6S-2. The molecule has 0 bridgehead atoms. The van der Waals surface area contributed by atoms with Gasteiger partial charge in [-0.3, -0.25) is 4.72 Å². The van der Waals surface area contributed by atoms with E-state index in [0.29, 0.717) is 5.02 Å². The van der Waals surface area contributed by atoms with E-state index in [1.165, 1.54) is 24.3 Å². The number of rotatable bonds is 5. The van der Waals surface area contributed by atoms with Gasteiger partial charge in [0.25, 0.3) is 10.0 Å². The third-order valence-corrected chi connectivity index (χ3v) is 4.43. The summed E-state index contributed by atoms with van der Waals surface area (Å²) in [6.07, 6.45) is 0. The lowest BCUT2D eigenvalue weighted by atomic mass is 10.1. The number of aromatic carboxylic acids is 2. The summed E-state index contributed by atoms with van der Waals surface area (Å²) >= 11 is 5.67. The van der Waals surface area contributed by atoms with Crippen molar-refractivity contribution in [1.82, 2.24) is 0 Å². The quantitative estimate of drug-likeness (QED) is 0.797. The van der Waals surface area contributed by atoms with Crippen molar-refractivity contribution in [3.63, 3.8) is 0 Å². The second kappa shape index (κ2) is 6.27. The molecule has 0 aliphatic heterocycles. The highest BCUT2D eigenvalue weighted by Crippen LogP contribution is 2.20. The maximum absolute atomic E-state index is 12.2. The van der Waals surface area contributed by atoms with Crippen LogP contribution in [0.25, 0.3) is 0 Å². The third-order valence-electron chi connectivity index (χ3n) is 2.78. The third kappa shape index (κ3) is 3.99. The van der Waals surface area contributed by atoms with Gasteiger partial charge < -0.3 is 19.8 Å². The van der Waals surface area contributed by atoms with Gasteiger partial charge in [-0.25, -0.2) is 8.42 Å². The molecule has 2 rings (SSSR count). The van der Waals surface area contributed by atoms with Crippen molar-refractivity contribution in [3.8, 4) is 0 Å². The van der Waals surface area contributed by atoms with Crippen molar-refractivity contribution in [2.45, 2.75) is 4.90 Å². The molecule has 0 unspecified atom stereocenters. The Morgan fingerprint density at radius 1 is 0.913 bits per heavy atom. The van der Waals surface area contributed by atoms with E-state index in [0.717, 1.165) is 18.2 Å². The van der Waals surface area contributed by atoms with Crippen LogP contribution in [-0.4, -0.2) is 20.4 Å². The maximum Gasteiger partial charge on any atom is 0.261 e. The smallest absolute Gasteiger partial charge is 0.261 e. The normalized spacial score (nSPS) is 11.0. The lowest BCUT2D eigenvalue weighted by Gasteiger charge is -2.13. The molecule has 0 amide bonds. The number of anilines is 1. The first kappa shape index (κ1) is 16.8. The standard InChI is InChI=1S/C14H10ClNO6S/c15-10-1-3-12(4-2-10)23(21,22)16-11-6-8(13(17)18)5-9(7-11)14(19)20/h1-7,16H,(H,17,18)(H,19,20)/p-2. The van der Waals surface area contributed by atoms with Gasteiger partial charge in [-0.1, -0.05) is 11.6 Å². The van der Waals surface area contributed by atoms with E-state index >= 15 is 0 Å². The van der Waals surface area contributed by atoms with Gasteiger partial charge in [-0.15, -0.1) is 0 Å². The highest BCUT2D eigenvalue weighted by atomic mass is 35.5. The predicted molar refractivity (Wildman–Crippen MR) is 77.4 cm³/mol. The molecule has 0 saturated heterocycles. The number of carboxylic acid groups (broad SMARTS) is 2. The molecule has 0 radical (unpaired) electrons. The molecule has 2 aromatic rings. The molecule has 2 aromatic carbocycles.